The van der Waals surface area contributed by atoms with Crippen molar-refractivity contribution in [2.75, 3.05) is 0 Å². The van der Waals surface area contributed by atoms with Crippen LogP contribution in [-0.4, -0.2) is 10.1 Å². The fourth-order valence-electron chi connectivity index (χ4n) is 8.88. The summed E-state index contributed by atoms with van der Waals surface area (Å²) in [5, 5.41) is 0. The molecule has 0 unspecified atom stereocenters. The molecule has 0 bridgehead atoms. The van der Waals surface area contributed by atoms with Gasteiger partial charge < -0.3 is 4.74 Å². The van der Waals surface area contributed by atoms with Gasteiger partial charge in [0.05, 0.1) is 22.6 Å². The van der Waals surface area contributed by atoms with Crippen molar-refractivity contribution in [2.45, 2.75) is 111 Å². The molecule has 0 amide bonds. The molecule has 0 N–H and O–H groups in total. The zero-order valence-corrected chi connectivity index (χ0v) is 22.7. The second kappa shape index (κ2) is 9.29. The summed E-state index contributed by atoms with van der Waals surface area (Å²) in [6, 6.07) is 0. The smallest absolute Gasteiger partial charge is 0.367 e. The Kier molecular flexibility index (Phi) is 7.22. The van der Waals surface area contributed by atoms with E-state index in [1.807, 2.05) is 0 Å². The number of carbonyl (C=O) groups is 1. The topological polar surface area (TPSA) is 26.3 Å². The van der Waals surface area contributed by atoms with E-state index in [0.717, 1.165) is 48.3 Å². The zero-order chi connectivity index (χ0) is 22.4. The van der Waals surface area contributed by atoms with Crippen LogP contribution in [0.4, 0.5) is 4.79 Å². The fraction of sp³-hybridized carbons (Fsp3) is 0.893. The van der Waals surface area contributed by atoms with Gasteiger partial charge >= 0.3 is 3.98 Å². The van der Waals surface area contributed by atoms with Crippen LogP contribution in [0.15, 0.2) is 11.6 Å². The van der Waals surface area contributed by atoms with E-state index >= 15 is 0 Å². The second-order valence-corrected chi connectivity index (χ2v) is 13.4. The predicted molar refractivity (Wildman–Crippen MR) is 137 cm³/mol. The average Bonchev–Trinajstić information content (AvgIpc) is 3.05. The van der Waals surface area contributed by atoms with E-state index < -0.39 is 0 Å². The fourth-order valence-corrected chi connectivity index (χ4v) is 9.24. The Morgan fingerprint density at radius 2 is 1.87 bits per heavy atom. The van der Waals surface area contributed by atoms with Gasteiger partial charge in [-0.3, -0.25) is 0 Å². The highest BCUT2D eigenvalue weighted by molar-refractivity contribution is 14.1. The largest absolute Gasteiger partial charge is 0.455 e. The van der Waals surface area contributed by atoms with Crippen molar-refractivity contribution >= 4 is 26.6 Å². The van der Waals surface area contributed by atoms with Crippen LogP contribution in [0.1, 0.15) is 105 Å². The zero-order valence-electron chi connectivity index (χ0n) is 20.6. The van der Waals surface area contributed by atoms with Crippen LogP contribution in [0.3, 0.4) is 0 Å². The van der Waals surface area contributed by atoms with Crippen molar-refractivity contribution in [3.05, 3.63) is 11.6 Å². The van der Waals surface area contributed by atoms with E-state index in [1.54, 1.807) is 28.2 Å². The van der Waals surface area contributed by atoms with Crippen LogP contribution < -0.4 is 0 Å². The lowest BCUT2D eigenvalue weighted by molar-refractivity contribution is -0.0572. The van der Waals surface area contributed by atoms with E-state index in [1.165, 1.54) is 57.8 Å². The number of allylic oxidation sites excluding steroid dienone is 1. The first kappa shape index (κ1) is 24.1. The highest BCUT2D eigenvalue weighted by atomic mass is 127. The Balaban J connectivity index is 1.47. The van der Waals surface area contributed by atoms with Gasteiger partial charge in [0.2, 0.25) is 0 Å². The summed E-state index contributed by atoms with van der Waals surface area (Å²) in [6.45, 7) is 12.5. The van der Waals surface area contributed by atoms with Crippen LogP contribution in [0.5, 0.6) is 0 Å². The van der Waals surface area contributed by atoms with Gasteiger partial charge in [0, 0.05) is 6.42 Å². The van der Waals surface area contributed by atoms with E-state index in [2.05, 4.69) is 40.7 Å². The minimum atomic E-state index is -0.145. The van der Waals surface area contributed by atoms with Gasteiger partial charge in [0.25, 0.3) is 0 Å². The first-order valence-corrected chi connectivity index (χ1v) is 14.3. The van der Waals surface area contributed by atoms with Crippen molar-refractivity contribution in [2.24, 2.45) is 46.3 Å². The molecule has 176 valence electrons. The van der Waals surface area contributed by atoms with Crippen molar-refractivity contribution in [3.63, 3.8) is 0 Å². The molecule has 2 nitrogen and oxygen atoms in total. The molecule has 3 fully saturated rings. The van der Waals surface area contributed by atoms with Crippen LogP contribution in [0.2, 0.25) is 0 Å². The molecule has 0 aliphatic heterocycles. The highest BCUT2D eigenvalue weighted by Gasteiger charge is 2.59. The van der Waals surface area contributed by atoms with Gasteiger partial charge in [-0.2, -0.15) is 0 Å². The van der Waals surface area contributed by atoms with Crippen molar-refractivity contribution < 1.29 is 9.53 Å². The summed E-state index contributed by atoms with van der Waals surface area (Å²) in [5.41, 5.74) is 2.52. The number of fused-ring (bicyclic) bond motifs is 5. The number of ether oxygens (including phenoxy) is 1. The van der Waals surface area contributed by atoms with Crippen LogP contribution in [0, 0.1) is 46.3 Å². The summed E-state index contributed by atoms with van der Waals surface area (Å²) in [5.74, 6) is 5.30. The molecule has 3 saturated carbocycles. The normalized spacial score (nSPS) is 42.9. The SMILES string of the molecule is CC(C)CCC[C@@H](C)[C@H]1CC[C@H]2[C@@H]3CC=C4C[C@@H](OC(=O)I)CC[C@]4(C)[C@H]3CC[C@]12C. The van der Waals surface area contributed by atoms with Crippen LogP contribution in [-0.2, 0) is 4.74 Å². The summed E-state index contributed by atoms with van der Waals surface area (Å²) in [7, 11) is 0. The Bertz CT molecular complexity index is 699. The van der Waals surface area contributed by atoms with Gasteiger partial charge in [-0.1, -0.05) is 65.5 Å². The molecule has 4 aliphatic rings. The van der Waals surface area contributed by atoms with Crippen LogP contribution in [0.25, 0.3) is 0 Å². The molecule has 31 heavy (non-hydrogen) atoms. The second-order valence-electron chi connectivity index (χ2n) is 12.5. The molecule has 4 rings (SSSR count). The van der Waals surface area contributed by atoms with E-state index in [0.29, 0.717) is 10.8 Å². The molecule has 0 aromatic heterocycles. The summed E-state index contributed by atoms with van der Waals surface area (Å²) in [6.07, 6.45) is 17.2. The number of carbonyl (C=O) groups excluding carboxylic acids is 1. The lowest BCUT2D eigenvalue weighted by atomic mass is 9.47. The Hall–Kier alpha value is -0.0600. The Labute approximate surface area is 204 Å². The van der Waals surface area contributed by atoms with Crippen molar-refractivity contribution in [1.29, 1.82) is 0 Å². The molecular formula is C28H45IO2. The summed E-state index contributed by atoms with van der Waals surface area (Å²) in [4.78, 5) is 11.5. The third-order valence-corrected chi connectivity index (χ3v) is 10.8. The minimum Gasteiger partial charge on any atom is -0.455 e. The number of hydrogen-bond acceptors (Lipinski definition) is 2. The third kappa shape index (κ3) is 4.52. The molecular weight excluding hydrogens is 495 g/mol. The summed E-state index contributed by atoms with van der Waals surface area (Å²) < 4.78 is 5.46. The lowest BCUT2D eigenvalue weighted by Crippen LogP contribution is -2.51. The monoisotopic (exact) mass is 540 g/mol. The third-order valence-electron chi connectivity index (χ3n) is 10.5. The van der Waals surface area contributed by atoms with E-state index in [-0.39, 0.29) is 10.1 Å². The molecule has 8 atom stereocenters. The van der Waals surface area contributed by atoms with E-state index in [9.17, 15) is 4.79 Å². The van der Waals surface area contributed by atoms with Gasteiger partial charge in [0.1, 0.15) is 6.10 Å². The average molecular weight is 541 g/mol. The molecule has 0 heterocycles. The standard InChI is InChI=1S/C28H45IO2/c1-18(2)7-6-8-19(3)23-11-12-24-22-10-9-20-17-21(31-26(29)30)13-15-27(20,4)25(22)14-16-28(23,24)5/h9,18-19,21-25H,6-8,10-17H2,1-5H3/t19-,21+,22+,23-,24+,25+,27+,28-/m1/s1. The maximum Gasteiger partial charge on any atom is 0.367 e. The molecule has 0 aromatic rings. The molecule has 3 heteroatoms. The molecule has 0 radical (unpaired) electrons. The molecule has 0 saturated heterocycles. The quantitative estimate of drug-likeness (QED) is 0.191. The molecule has 4 aliphatic carbocycles. The minimum absolute atomic E-state index is 0.108. The maximum atomic E-state index is 11.5. The number of rotatable bonds is 6. The Morgan fingerprint density at radius 1 is 1.10 bits per heavy atom. The Morgan fingerprint density at radius 3 is 2.58 bits per heavy atom. The molecule has 0 spiro atoms. The summed E-state index contributed by atoms with van der Waals surface area (Å²) >= 11 is 1.78. The first-order chi connectivity index (χ1) is 14.6. The lowest BCUT2D eigenvalue weighted by Gasteiger charge is -2.58. The molecule has 0 aromatic carbocycles. The van der Waals surface area contributed by atoms with Gasteiger partial charge in [-0.05, 0) is 91.3 Å². The van der Waals surface area contributed by atoms with Crippen LogP contribution >= 0.6 is 22.6 Å². The maximum absolute atomic E-state index is 11.5. The van der Waals surface area contributed by atoms with Gasteiger partial charge in [-0.25, -0.2) is 4.79 Å². The van der Waals surface area contributed by atoms with Gasteiger partial charge in [-0.15, -0.1) is 0 Å². The van der Waals surface area contributed by atoms with E-state index in [4.69, 9.17) is 4.74 Å². The van der Waals surface area contributed by atoms with Crippen molar-refractivity contribution in [1.82, 2.24) is 0 Å². The van der Waals surface area contributed by atoms with Gasteiger partial charge in [0.15, 0.2) is 0 Å². The first-order valence-electron chi connectivity index (χ1n) is 13.2. The number of halogens is 1. The van der Waals surface area contributed by atoms with Crippen molar-refractivity contribution in [3.8, 4) is 0 Å². The predicted octanol–water partition coefficient (Wildman–Crippen LogP) is 8.97. The highest BCUT2D eigenvalue weighted by Crippen LogP contribution is 2.67. The number of hydrogen-bond donors (Lipinski definition) is 0.